The molecular formula is C62H85FN12O9S. The molecule has 1 saturated heterocycles. The second-order valence-corrected chi connectivity index (χ2v) is 21.6. The summed E-state index contributed by atoms with van der Waals surface area (Å²) in [5.74, 6) is 5.84. The second-order valence-electron chi connectivity index (χ2n) is 20.8. The van der Waals surface area contributed by atoms with Gasteiger partial charge < -0.3 is 65.5 Å². The number of carbonyl (C=O) groups excluding carboxylic acids is 4. The predicted molar refractivity (Wildman–Crippen MR) is 333 cm³/mol. The van der Waals surface area contributed by atoms with Crippen molar-refractivity contribution in [3.8, 4) is 11.5 Å². The normalized spacial score (nSPS) is 14.3. The summed E-state index contributed by atoms with van der Waals surface area (Å²) in [4.78, 5) is 69.7. The molecule has 23 heteroatoms. The van der Waals surface area contributed by atoms with Crippen LogP contribution in [0.3, 0.4) is 0 Å². The lowest BCUT2D eigenvalue weighted by atomic mass is 9.98. The number of hydrazone groups is 1. The van der Waals surface area contributed by atoms with Gasteiger partial charge in [0.1, 0.15) is 30.0 Å². The van der Waals surface area contributed by atoms with Crippen molar-refractivity contribution in [3.63, 3.8) is 0 Å². The van der Waals surface area contributed by atoms with E-state index in [9.17, 15) is 23.6 Å². The van der Waals surface area contributed by atoms with Crippen LogP contribution in [0.1, 0.15) is 67.0 Å². The Morgan fingerprint density at radius 1 is 0.871 bits per heavy atom. The highest BCUT2D eigenvalue weighted by Gasteiger charge is 2.42. The molecule has 6 rings (SSSR count). The van der Waals surface area contributed by atoms with Crippen LogP contribution >= 0.6 is 11.3 Å². The average Bonchev–Trinajstić information content (AvgIpc) is 3.91. The zero-order valence-corrected chi connectivity index (χ0v) is 50.3. The molecule has 1 aliphatic carbocycles. The molecule has 460 valence electrons. The number of likely N-dealkylation sites (N-methyl/N-ethyl adjacent to an activating group) is 2. The summed E-state index contributed by atoms with van der Waals surface area (Å²) in [5, 5.41) is 14.4. The third-order valence-electron chi connectivity index (χ3n) is 14.1. The summed E-state index contributed by atoms with van der Waals surface area (Å²) >= 11 is 1.27. The molecule has 1 atom stereocenters. The molecule has 4 aromatic rings. The number of aryl methyl sites for hydroxylation is 2. The van der Waals surface area contributed by atoms with E-state index < -0.39 is 23.8 Å². The van der Waals surface area contributed by atoms with Crippen molar-refractivity contribution in [2.75, 3.05) is 136 Å². The van der Waals surface area contributed by atoms with Crippen LogP contribution in [0.25, 0.3) is 0 Å². The lowest BCUT2D eigenvalue weighted by Crippen LogP contribution is -2.47. The molecule has 0 spiro atoms. The van der Waals surface area contributed by atoms with Gasteiger partial charge in [-0.25, -0.2) is 14.2 Å². The molecule has 1 aromatic heterocycles. The van der Waals surface area contributed by atoms with Crippen molar-refractivity contribution in [1.29, 1.82) is 0 Å². The van der Waals surface area contributed by atoms with Crippen LogP contribution in [0.4, 0.5) is 25.7 Å². The van der Waals surface area contributed by atoms with E-state index >= 15 is 0 Å². The number of aliphatic imine (C=N–C) groups is 1. The second kappa shape index (κ2) is 36.3. The van der Waals surface area contributed by atoms with Crippen molar-refractivity contribution < 1.29 is 47.3 Å². The number of hydrogen-bond acceptors (Lipinski definition) is 17. The molecule has 0 radical (unpaired) electrons. The number of nitrogens with zero attached hydrogens (tertiary/aromatic N) is 7. The van der Waals surface area contributed by atoms with E-state index in [0.29, 0.717) is 119 Å². The van der Waals surface area contributed by atoms with E-state index in [0.717, 1.165) is 68.7 Å². The zero-order chi connectivity index (χ0) is 60.8. The highest BCUT2D eigenvalue weighted by Crippen LogP contribution is 2.38. The Hall–Kier alpha value is -7.54. The van der Waals surface area contributed by atoms with Crippen molar-refractivity contribution in [2.45, 2.75) is 70.4 Å². The number of allylic oxidation sites excluding steroid dienone is 2. The highest BCUT2D eigenvalue weighted by atomic mass is 32.1. The van der Waals surface area contributed by atoms with Gasteiger partial charge in [0.2, 0.25) is 17.7 Å². The molecular weight excluding hydrogens is 1110 g/mol. The zero-order valence-electron chi connectivity index (χ0n) is 49.4. The van der Waals surface area contributed by atoms with Crippen molar-refractivity contribution in [1.82, 2.24) is 29.9 Å². The SMILES string of the molecule is C=C/C=C(\C=C)CNC(=O)C(c1cc(F)c(C)cc1N)N(C(=O)CCc1ccc(OCCCCN(C)CCOCCOCC/C(C=NCCOCCOc2ccc(NC(=O)Nc3nc(CC(=O)N4CCN(C)CC4)cs3)cc2)=N/N)cc1)C1CC1. The maximum Gasteiger partial charge on any atom is 0.325 e. The van der Waals surface area contributed by atoms with Crippen LogP contribution in [0, 0.1) is 12.7 Å². The number of carbonyl (C=O) groups is 4. The maximum absolute atomic E-state index is 15.0. The summed E-state index contributed by atoms with van der Waals surface area (Å²) in [6, 6.07) is 15.8. The molecule has 3 aromatic carbocycles. The van der Waals surface area contributed by atoms with Gasteiger partial charge in [-0.3, -0.25) is 24.7 Å². The van der Waals surface area contributed by atoms with Crippen LogP contribution in [-0.4, -0.2) is 186 Å². The van der Waals surface area contributed by atoms with E-state index in [4.69, 9.17) is 35.3 Å². The summed E-state index contributed by atoms with van der Waals surface area (Å²) < 4.78 is 43.9. The minimum Gasteiger partial charge on any atom is -0.494 e. The fourth-order valence-electron chi connectivity index (χ4n) is 8.99. The number of nitrogens with two attached hydrogens (primary N) is 2. The summed E-state index contributed by atoms with van der Waals surface area (Å²) in [6.07, 6.45) is 11.2. The summed E-state index contributed by atoms with van der Waals surface area (Å²) in [5.41, 5.74) is 10.8. The van der Waals surface area contributed by atoms with Gasteiger partial charge in [-0.2, -0.15) is 5.10 Å². The molecule has 1 aliphatic heterocycles. The van der Waals surface area contributed by atoms with Gasteiger partial charge in [-0.05, 0) is 125 Å². The third kappa shape index (κ3) is 23.8. The van der Waals surface area contributed by atoms with Gasteiger partial charge >= 0.3 is 6.03 Å². The summed E-state index contributed by atoms with van der Waals surface area (Å²) in [7, 11) is 4.11. The number of benzene rings is 3. The van der Waals surface area contributed by atoms with E-state index in [2.05, 4.69) is 61.0 Å². The van der Waals surface area contributed by atoms with Crippen molar-refractivity contribution >= 4 is 63.5 Å². The highest BCUT2D eigenvalue weighted by molar-refractivity contribution is 7.14. The Labute approximate surface area is 503 Å². The molecule has 1 unspecified atom stereocenters. The Morgan fingerprint density at radius 3 is 2.27 bits per heavy atom. The number of nitrogens with one attached hydrogen (secondary N) is 3. The van der Waals surface area contributed by atoms with Crippen LogP contribution in [0.5, 0.6) is 11.5 Å². The number of amides is 5. The predicted octanol–water partition coefficient (Wildman–Crippen LogP) is 7.21. The number of hydrogen-bond donors (Lipinski definition) is 5. The van der Waals surface area contributed by atoms with Crippen LogP contribution < -0.4 is 37.0 Å². The molecule has 1 saturated carbocycles. The van der Waals surface area contributed by atoms with Gasteiger partial charge in [0.05, 0.1) is 70.6 Å². The number of rotatable bonds is 38. The smallest absolute Gasteiger partial charge is 0.325 e. The van der Waals surface area contributed by atoms with E-state index in [-0.39, 0.29) is 48.5 Å². The third-order valence-corrected chi connectivity index (χ3v) is 14.9. The number of thiazole rings is 1. The van der Waals surface area contributed by atoms with E-state index in [1.165, 1.54) is 23.5 Å². The largest absolute Gasteiger partial charge is 0.494 e. The van der Waals surface area contributed by atoms with Gasteiger partial charge in [0, 0.05) is 86.7 Å². The number of unbranched alkanes of at least 4 members (excludes halogenated alkanes) is 1. The van der Waals surface area contributed by atoms with Gasteiger partial charge in [0.25, 0.3) is 0 Å². The first-order valence-corrected chi connectivity index (χ1v) is 29.8. The molecule has 2 heterocycles. The number of ether oxygens (including phenoxy) is 5. The number of urea groups is 1. The maximum atomic E-state index is 15.0. The monoisotopic (exact) mass is 1190 g/mol. The lowest BCUT2D eigenvalue weighted by Gasteiger charge is -2.32. The average molecular weight is 1190 g/mol. The van der Waals surface area contributed by atoms with Crippen LogP contribution in [-0.2, 0) is 41.4 Å². The first-order chi connectivity index (χ1) is 41.2. The van der Waals surface area contributed by atoms with Crippen LogP contribution in [0.2, 0.25) is 0 Å². The van der Waals surface area contributed by atoms with Crippen molar-refractivity contribution in [3.05, 3.63) is 131 Å². The quantitative estimate of drug-likeness (QED) is 0.00743. The topological polar surface area (TPSA) is 253 Å². The Morgan fingerprint density at radius 2 is 1.56 bits per heavy atom. The molecule has 0 bridgehead atoms. The Bertz CT molecular complexity index is 2860. The fourth-order valence-corrected chi connectivity index (χ4v) is 9.70. The van der Waals surface area contributed by atoms with E-state index in [1.807, 2.05) is 36.2 Å². The number of aromatic nitrogens is 1. The fraction of sp³-hybridized carbons (Fsp3) is 0.468. The molecule has 2 aliphatic rings. The standard InChI is InChI=1S/C62H85FN12O9S/c1-6-10-46(7-2)42-67-60(78)59(54-41-55(63)45(3)39-56(54)64)75(51-16-17-51)57(76)22-13-47-11-18-52(19-12-47)83-31-9-8-25-72(4)30-34-82-36-35-80-32-23-49(71-65)43-66-24-33-81-37-38-84-53-20-14-48(15-21-53)68-61(79)70-62-69-50(44-85-62)40-58(77)74-28-26-73(5)27-29-74/h6-7,10-12,14-15,18-21,39,41,43-44,51,59H,1-2,8-9,13,16-17,22-38,40,42,64-65H2,3-5H3,(H,67,78)(H2,68,69,70,79)/b46-10+,66-43?,71-49-. The summed E-state index contributed by atoms with van der Waals surface area (Å²) in [6.45, 7) is 18.1. The van der Waals surface area contributed by atoms with E-state index in [1.54, 1.807) is 65.9 Å². The minimum absolute atomic E-state index is 0.0399. The Kier molecular flexibility index (Phi) is 28.5. The lowest BCUT2D eigenvalue weighted by molar-refractivity contribution is -0.141. The first kappa shape index (κ1) is 66.6. The molecule has 21 nitrogen and oxygen atoms in total. The number of nitrogen functional groups attached to an aromatic ring is 1. The minimum atomic E-state index is -1.10. The van der Waals surface area contributed by atoms with Crippen LogP contribution in [0.15, 0.2) is 113 Å². The van der Waals surface area contributed by atoms with Crippen molar-refractivity contribution in [2.24, 2.45) is 15.9 Å². The molecule has 2 fully saturated rings. The number of halogens is 1. The number of piperazine rings is 1. The first-order valence-electron chi connectivity index (χ1n) is 28.9. The number of anilines is 3. The Balaban J connectivity index is 0.743. The molecule has 5 amide bonds. The van der Waals surface area contributed by atoms with Gasteiger partial charge in [-0.1, -0.05) is 43.5 Å². The van der Waals surface area contributed by atoms with Gasteiger partial charge in [0.15, 0.2) is 5.13 Å². The molecule has 7 N–H and O–H groups in total. The molecule has 85 heavy (non-hydrogen) atoms. The van der Waals surface area contributed by atoms with Gasteiger partial charge in [-0.15, -0.1) is 11.3 Å².